The lowest BCUT2D eigenvalue weighted by atomic mass is 10.1. The maximum Gasteiger partial charge on any atom is 0.267 e. The maximum absolute atomic E-state index is 13.6. The van der Waals surface area contributed by atoms with Crippen molar-refractivity contribution in [3.05, 3.63) is 100.0 Å². The molecule has 0 N–H and O–H groups in total. The average Bonchev–Trinajstić information content (AvgIpc) is 2.83. The zero-order valence-corrected chi connectivity index (χ0v) is 19.8. The van der Waals surface area contributed by atoms with Crippen molar-refractivity contribution >= 4 is 0 Å². The lowest BCUT2D eigenvalue weighted by Crippen LogP contribution is -2.22. The quantitative estimate of drug-likeness (QED) is 0.332. The summed E-state index contributed by atoms with van der Waals surface area (Å²) in [5, 5.41) is 13.1. The van der Waals surface area contributed by atoms with Crippen LogP contribution in [-0.4, -0.2) is 45.5 Å². The summed E-state index contributed by atoms with van der Waals surface area (Å²) in [4.78, 5) is 14.6. The molecule has 0 bridgehead atoms. The summed E-state index contributed by atoms with van der Waals surface area (Å²) in [5.41, 5.74) is 3.70. The fourth-order valence-corrected chi connectivity index (χ4v) is 3.80. The first-order valence-electron chi connectivity index (χ1n) is 11.5. The first kappa shape index (κ1) is 24.3. The highest BCUT2D eigenvalue weighted by atomic mass is 19.1. The second kappa shape index (κ2) is 11.1. The maximum atomic E-state index is 13.6. The van der Waals surface area contributed by atoms with E-state index in [1.165, 1.54) is 28.9 Å². The lowest BCUT2D eigenvalue weighted by Gasteiger charge is -2.10. The van der Waals surface area contributed by atoms with Crippen molar-refractivity contribution in [2.24, 2.45) is 0 Å². The Labute approximate surface area is 202 Å². The van der Waals surface area contributed by atoms with E-state index in [-0.39, 0.29) is 17.7 Å². The van der Waals surface area contributed by atoms with Crippen LogP contribution in [0.4, 0.5) is 8.78 Å². The Hall–Kier alpha value is -3.78. The number of aryl methyl sites for hydroxylation is 1. The molecule has 4 aromatic rings. The van der Waals surface area contributed by atoms with Crippen LogP contribution in [0, 0.1) is 11.6 Å². The molecule has 2 heterocycles. The van der Waals surface area contributed by atoms with E-state index in [2.05, 4.69) is 34.3 Å². The molecular formula is C27H27F2N5O. The minimum absolute atomic E-state index is 0.204. The molecule has 2 aromatic heterocycles. The minimum Gasteiger partial charge on any atom is -0.309 e. The fourth-order valence-electron chi connectivity index (χ4n) is 3.80. The Morgan fingerprint density at radius 2 is 1.60 bits per heavy atom. The average molecular weight is 476 g/mol. The summed E-state index contributed by atoms with van der Waals surface area (Å²) in [7, 11) is 4.13. The molecule has 0 amide bonds. The standard InChI is InChI=1S/C27H27F2N5O/c1-33(2)13-4-3-8-24-9-10-25(31-30-24)20-7-5-6-19(14-20)18-34-27(35)12-11-26(32-34)21-15-22(28)17-23(29)16-21/h5-7,9-12,14-17H,3-4,8,13,18H2,1-2H3. The third-order valence-corrected chi connectivity index (χ3v) is 5.59. The van der Waals surface area contributed by atoms with Crippen molar-refractivity contribution in [1.82, 2.24) is 24.9 Å². The highest BCUT2D eigenvalue weighted by Gasteiger charge is 2.09. The van der Waals surface area contributed by atoms with E-state index in [0.29, 0.717) is 5.69 Å². The van der Waals surface area contributed by atoms with Gasteiger partial charge in [-0.25, -0.2) is 13.5 Å². The van der Waals surface area contributed by atoms with E-state index < -0.39 is 11.6 Å². The molecule has 0 spiro atoms. The molecule has 0 aliphatic heterocycles. The smallest absolute Gasteiger partial charge is 0.267 e. The Bertz CT molecular complexity index is 1330. The van der Waals surface area contributed by atoms with Crippen LogP contribution in [0.1, 0.15) is 24.1 Å². The molecule has 0 unspecified atom stereocenters. The minimum atomic E-state index is -0.701. The van der Waals surface area contributed by atoms with Gasteiger partial charge in [0.25, 0.3) is 5.56 Å². The molecule has 180 valence electrons. The van der Waals surface area contributed by atoms with Gasteiger partial charge in [0, 0.05) is 23.3 Å². The van der Waals surface area contributed by atoms with Crippen LogP contribution in [0.15, 0.2) is 71.5 Å². The van der Waals surface area contributed by atoms with E-state index in [1.54, 1.807) is 0 Å². The summed E-state index contributed by atoms with van der Waals surface area (Å²) in [5.74, 6) is -1.40. The highest BCUT2D eigenvalue weighted by molar-refractivity contribution is 5.60. The van der Waals surface area contributed by atoms with Crippen LogP contribution >= 0.6 is 0 Å². The van der Waals surface area contributed by atoms with Crippen LogP contribution in [-0.2, 0) is 13.0 Å². The van der Waals surface area contributed by atoms with Crippen molar-refractivity contribution in [2.45, 2.75) is 25.8 Å². The number of aromatic nitrogens is 4. The molecule has 6 nitrogen and oxygen atoms in total. The predicted octanol–water partition coefficient (Wildman–Crippen LogP) is 4.58. The zero-order chi connectivity index (χ0) is 24.8. The molecule has 0 fully saturated rings. The van der Waals surface area contributed by atoms with Crippen LogP contribution in [0.3, 0.4) is 0 Å². The number of nitrogens with zero attached hydrogens (tertiary/aromatic N) is 5. The van der Waals surface area contributed by atoms with E-state index in [9.17, 15) is 13.6 Å². The summed E-state index contributed by atoms with van der Waals surface area (Å²) < 4.78 is 28.5. The summed E-state index contributed by atoms with van der Waals surface area (Å²) in [6, 6.07) is 17.6. The second-order valence-electron chi connectivity index (χ2n) is 8.74. The Morgan fingerprint density at radius 1 is 0.829 bits per heavy atom. The van der Waals surface area contributed by atoms with Gasteiger partial charge in [-0.1, -0.05) is 18.2 Å². The van der Waals surface area contributed by atoms with Crippen molar-refractivity contribution < 1.29 is 8.78 Å². The summed E-state index contributed by atoms with van der Waals surface area (Å²) >= 11 is 0. The van der Waals surface area contributed by atoms with Gasteiger partial charge in [0.15, 0.2) is 0 Å². The molecule has 35 heavy (non-hydrogen) atoms. The van der Waals surface area contributed by atoms with Gasteiger partial charge >= 0.3 is 0 Å². The number of hydrogen-bond acceptors (Lipinski definition) is 5. The third kappa shape index (κ3) is 6.64. The molecule has 0 aliphatic carbocycles. The van der Waals surface area contributed by atoms with Gasteiger partial charge in [-0.2, -0.15) is 15.3 Å². The zero-order valence-electron chi connectivity index (χ0n) is 19.8. The van der Waals surface area contributed by atoms with Crippen LogP contribution in [0.2, 0.25) is 0 Å². The fraction of sp³-hybridized carbons (Fsp3) is 0.259. The molecule has 4 rings (SSSR count). The van der Waals surface area contributed by atoms with Crippen molar-refractivity contribution in [1.29, 1.82) is 0 Å². The van der Waals surface area contributed by atoms with Crippen molar-refractivity contribution in [3.8, 4) is 22.5 Å². The topological polar surface area (TPSA) is 63.9 Å². The monoisotopic (exact) mass is 475 g/mol. The molecule has 0 saturated heterocycles. The SMILES string of the molecule is CN(C)CCCCc1ccc(-c2cccc(Cn3nc(-c4cc(F)cc(F)c4)ccc3=O)c2)nn1. The van der Waals surface area contributed by atoms with E-state index in [1.807, 2.05) is 36.4 Å². The lowest BCUT2D eigenvalue weighted by molar-refractivity contribution is 0.394. The van der Waals surface area contributed by atoms with Crippen LogP contribution in [0.5, 0.6) is 0 Å². The predicted molar refractivity (Wildman–Crippen MR) is 132 cm³/mol. The largest absolute Gasteiger partial charge is 0.309 e. The van der Waals surface area contributed by atoms with Crippen LogP contribution in [0.25, 0.3) is 22.5 Å². The van der Waals surface area contributed by atoms with Gasteiger partial charge in [0.05, 0.1) is 23.6 Å². The summed E-state index contributed by atoms with van der Waals surface area (Å²) in [6.45, 7) is 1.26. The number of benzene rings is 2. The van der Waals surface area contributed by atoms with E-state index in [4.69, 9.17) is 0 Å². The van der Waals surface area contributed by atoms with Gasteiger partial charge < -0.3 is 4.90 Å². The molecule has 0 aliphatic rings. The highest BCUT2D eigenvalue weighted by Crippen LogP contribution is 2.20. The first-order chi connectivity index (χ1) is 16.9. The van der Waals surface area contributed by atoms with Crippen LogP contribution < -0.4 is 5.56 Å². The molecule has 0 saturated carbocycles. The van der Waals surface area contributed by atoms with Gasteiger partial charge in [-0.15, -0.1) is 0 Å². The number of hydrogen-bond donors (Lipinski definition) is 0. The van der Waals surface area contributed by atoms with Gasteiger partial charge in [-0.3, -0.25) is 4.79 Å². The number of halogens is 2. The molecule has 2 aromatic carbocycles. The first-order valence-corrected chi connectivity index (χ1v) is 11.5. The number of rotatable bonds is 9. The molecule has 8 heteroatoms. The Balaban J connectivity index is 1.49. The van der Waals surface area contributed by atoms with Gasteiger partial charge in [0.2, 0.25) is 0 Å². The molecule has 0 atom stereocenters. The van der Waals surface area contributed by atoms with Crippen molar-refractivity contribution in [3.63, 3.8) is 0 Å². The van der Waals surface area contributed by atoms with E-state index in [0.717, 1.165) is 54.4 Å². The third-order valence-electron chi connectivity index (χ3n) is 5.59. The molecular weight excluding hydrogens is 448 g/mol. The Kier molecular flexibility index (Phi) is 7.72. The Morgan fingerprint density at radius 3 is 2.31 bits per heavy atom. The normalized spacial score (nSPS) is 11.2. The molecule has 0 radical (unpaired) electrons. The van der Waals surface area contributed by atoms with Gasteiger partial charge in [-0.05, 0) is 81.9 Å². The van der Waals surface area contributed by atoms with Gasteiger partial charge in [0.1, 0.15) is 11.6 Å². The van der Waals surface area contributed by atoms with E-state index >= 15 is 0 Å². The van der Waals surface area contributed by atoms with Crippen molar-refractivity contribution in [2.75, 3.05) is 20.6 Å². The summed E-state index contributed by atoms with van der Waals surface area (Å²) in [6.07, 6.45) is 3.06. The second-order valence-corrected chi connectivity index (χ2v) is 8.74. The number of unbranched alkanes of at least 4 members (excludes halogenated alkanes) is 1.